The van der Waals surface area contributed by atoms with Crippen molar-refractivity contribution in [1.29, 1.82) is 0 Å². The SMILES string of the molecule is C/C(O)=C1/C(=O)N(Nc2ccc(S(N)(=O)=O)cc2)C(=O)C2=C(O)Oc3ccccc3C21. The maximum atomic E-state index is 13.1. The van der Waals surface area contributed by atoms with E-state index in [0.717, 1.165) is 0 Å². The number of primary sulfonamides is 1. The van der Waals surface area contributed by atoms with Crippen LogP contribution in [0, 0.1) is 0 Å². The quantitative estimate of drug-likeness (QED) is 0.317. The third-order valence-electron chi connectivity index (χ3n) is 4.92. The Hall–Kier alpha value is -3.83. The number of aliphatic hydroxyl groups is 2. The van der Waals surface area contributed by atoms with Gasteiger partial charge in [0.1, 0.15) is 11.3 Å². The van der Waals surface area contributed by atoms with Crippen LogP contribution >= 0.6 is 0 Å². The number of nitrogens with zero attached hydrogens (tertiary/aromatic N) is 1. The third-order valence-corrected chi connectivity index (χ3v) is 5.85. The van der Waals surface area contributed by atoms with Gasteiger partial charge in [-0.1, -0.05) is 18.2 Å². The number of rotatable bonds is 3. The van der Waals surface area contributed by atoms with E-state index in [1.54, 1.807) is 24.3 Å². The van der Waals surface area contributed by atoms with Crippen molar-refractivity contribution in [3.05, 3.63) is 76.9 Å². The van der Waals surface area contributed by atoms with Crippen LogP contribution in [0.15, 0.2) is 76.3 Å². The zero-order chi connectivity index (χ0) is 22.5. The monoisotopic (exact) mass is 443 g/mol. The second kappa shape index (κ2) is 7.15. The number of nitrogens with two attached hydrogens (primary N) is 1. The molecule has 5 N–H and O–H groups in total. The maximum absolute atomic E-state index is 13.1. The molecular weight excluding hydrogens is 426 g/mol. The molecule has 2 amide bonds. The summed E-state index contributed by atoms with van der Waals surface area (Å²) in [4.78, 5) is 26.1. The molecule has 0 aromatic heterocycles. The Morgan fingerprint density at radius 3 is 2.35 bits per heavy atom. The smallest absolute Gasteiger partial charge is 0.292 e. The molecule has 4 rings (SSSR count). The van der Waals surface area contributed by atoms with Crippen LogP contribution in [0.2, 0.25) is 0 Å². The molecule has 1 unspecified atom stereocenters. The zero-order valence-corrected chi connectivity index (χ0v) is 16.9. The highest BCUT2D eigenvalue weighted by molar-refractivity contribution is 7.89. The largest absolute Gasteiger partial charge is 0.512 e. The van der Waals surface area contributed by atoms with Gasteiger partial charge in [0.25, 0.3) is 17.8 Å². The molecule has 0 radical (unpaired) electrons. The van der Waals surface area contributed by atoms with Gasteiger partial charge in [0.05, 0.1) is 27.8 Å². The highest BCUT2D eigenvalue weighted by atomic mass is 32.2. The molecule has 0 bridgehead atoms. The van der Waals surface area contributed by atoms with Crippen molar-refractivity contribution in [2.45, 2.75) is 17.7 Å². The van der Waals surface area contributed by atoms with Gasteiger partial charge in [0.15, 0.2) is 0 Å². The second-order valence-electron chi connectivity index (χ2n) is 6.92. The van der Waals surface area contributed by atoms with E-state index in [-0.39, 0.29) is 33.2 Å². The number of sulfonamides is 1. The van der Waals surface area contributed by atoms with Crippen LogP contribution in [-0.2, 0) is 19.6 Å². The first-order valence-electron chi connectivity index (χ1n) is 8.97. The molecule has 2 aliphatic heterocycles. The van der Waals surface area contributed by atoms with E-state index in [1.165, 1.54) is 31.2 Å². The van der Waals surface area contributed by atoms with Crippen molar-refractivity contribution in [1.82, 2.24) is 5.01 Å². The summed E-state index contributed by atoms with van der Waals surface area (Å²) >= 11 is 0. The van der Waals surface area contributed by atoms with Gasteiger partial charge in [-0.3, -0.25) is 15.0 Å². The number of anilines is 1. The summed E-state index contributed by atoms with van der Waals surface area (Å²) < 4.78 is 28.2. The average molecular weight is 443 g/mol. The molecule has 2 aromatic carbocycles. The van der Waals surface area contributed by atoms with E-state index in [9.17, 15) is 28.2 Å². The second-order valence-corrected chi connectivity index (χ2v) is 8.48. The van der Waals surface area contributed by atoms with Crippen molar-refractivity contribution in [2.75, 3.05) is 5.43 Å². The number of carbonyl (C=O) groups excluding carboxylic acids is 2. The first-order chi connectivity index (χ1) is 14.6. The van der Waals surface area contributed by atoms with Crippen LogP contribution < -0.4 is 15.3 Å². The van der Waals surface area contributed by atoms with Gasteiger partial charge in [-0.25, -0.2) is 13.6 Å². The van der Waals surface area contributed by atoms with E-state index >= 15 is 0 Å². The lowest BCUT2D eigenvalue weighted by atomic mass is 9.79. The number of hydrogen-bond acceptors (Lipinski definition) is 8. The van der Waals surface area contributed by atoms with E-state index in [4.69, 9.17) is 9.88 Å². The molecule has 160 valence electrons. The Morgan fingerprint density at radius 1 is 1.10 bits per heavy atom. The topological polar surface area (TPSA) is 159 Å². The number of allylic oxidation sites excluding steroid dienone is 1. The summed E-state index contributed by atoms with van der Waals surface area (Å²) in [6, 6.07) is 11.6. The number of fused-ring (bicyclic) bond motifs is 3. The lowest BCUT2D eigenvalue weighted by Gasteiger charge is -2.37. The fourth-order valence-electron chi connectivity index (χ4n) is 3.53. The fraction of sp³-hybridized carbons (Fsp3) is 0.100. The molecule has 2 heterocycles. The lowest BCUT2D eigenvalue weighted by Crippen LogP contribution is -2.50. The third kappa shape index (κ3) is 3.39. The highest BCUT2D eigenvalue weighted by Crippen LogP contribution is 2.47. The van der Waals surface area contributed by atoms with Crippen LogP contribution in [0.25, 0.3) is 0 Å². The molecule has 11 heteroatoms. The predicted octanol–water partition coefficient (Wildman–Crippen LogP) is 1.81. The summed E-state index contributed by atoms with van der Waals surface area (Å²) in [6.45, 7) is 1.30. The van der Waals surface area contributed by atoms with Crippen molar-refractivity contribution >= 4 is 27.5 Å². The summed E-state index contributed by atoms with van der Waals surface area (Å²) in [7, 11) is -3.92. The minimum absolute atomic E-state index is 0.120. The molecule has 31 heavy (non-hydrogen) atoms. The van der Waals surface area contributed by atoms with Crippen LogP contribution in [0.4, 0.5) is 5.69 Å². The van der Waals surface area contributed by atoms with E-state index in [0.29, 0.717) is 10.6 Å². The van der Waals surface area contributed by atoms with Gasteiger partial charge < -0.3 is 14.9 Å². The number of hydrazine groups is 1. The Morgan fingerprint density at radius 2 is 1.74 bits per heavy atom. The van der Waals surface area contributed by atoms with Crippen molar-refractivity contribution in [2.24, 2.45) is 5.14 Å². The number of para-hydroxylation sites is 1. The lowest BCUT2D eigenvalue weighted by molar-refractivity contribution is -0.140. The van der Waals surface area contributed by atoms with Gasteiger partial charge in [0, 0.05) is 5.56 Å². The Labute approximate surface area is 176 Å². The number of imide groups is 1. The fourth-order valence-corrected chi connectivity index (χ4v) is 4.05. The Bertz CT molecular complexity index is 1280. The number of piperidine rings is 1. The van der Waals surface area contributed by atoms with E-state index < -0.39 is 33.7 Å². The summed E-state index contributed by atoms with van der Waals surface area (Å²) in [5, 5.41) is 26.3. The Kier molecular flexibility index (Phi) is 4.71. The molecule has 2 aliphatic rings. The van der Waals surface area contributed by atoms with Crippen molar-refractivity contribution < 1.29 is 33.0 Å². The number of carbonyl (C=O) groups is 2. The van der Waals surface area contributed by atoms with Crippen LogP contribution in [0.3, 0.4) is 0 Å². The molecule has 1 fully saturated rings. The average Bonchev–Trinajstić information content (AvgIpc) is 2.70. The van der Waals surface area contributed by atoms with Gasteiger partial charge in [-0.15, -0.1) is 0 Å². The molecule has 2 aromatic rings. The van der Waals surface area contributed by atoms with Crippen molar-refractivity contribution in [3.8, 4) is 5.75 Å². The molecule has 1 atom stereocenters. The number of benzene rings is 2. The van der Waals surface area contributed by atoms with Gasteiger partial charge in [0.2, 0.25) is 10.0 Å². The standard InChI is InChI=1S/C20H17N3O7S/c1-10(24)15-16-13-4-2-3-5-14(13)30-20(27)17(16)19(26)23(18(15)25)22-11-6-8-12(9-7-11)31(21,28)29/h2-9,16,22,24,27H,1H3,(H2,21,28,29)/b15-10-. The summed E-state index contributed by atoms with van der Waals surface area (Å²) in [6.07, 6.45) is 0. The van der Waals surface area contributed by atoms with Gasteiger partial charge in [-0.2, -0.15) is 5.01 Å². The molecular formula is C20H17N3O7S. The zero-order valence-electron chi connectivity index (χ0n) is 16.1. The Balaban J connectivity index is 1.77. The maximum Gasteiger partial charge on any atom is 0.292 e. The predicted molar refractivity (Wildman–Crippen MR) is 108 cm³/mol. The van der Waals surface area contributed by atoms with Crippen LogP contribution in [0.5, 0.6) is 5.75 Å². The van der Waals surface area contributed by atoms with Gasteiger partial charge >= 0.3 is 0 Å². The normalized spacial score (nSPS) is 20.1. The summed E-state index contributed by atoms with van der Waals surface area (Å²) in [5.74, 6) is -3.50. The number of aliphatic hydroxyl groups excluding tert-OH is 2. The molecule has 10 nitrogen and oxygen atoms in total. The number of ether oxygens (including phenoxy) is 1. The van der Waals surface area contributed by atoms with E-state index in [2.05, 4.69) is 5.43 Å². The minimum atomic E-state index is -3.92. The first-order valence-corrected chi connectivity index (χ1v) is 10.5. The van der Waals surface area contributed by atoms with Crippen molar-refractivity contribution in [3.63, 3.8) is 0 Å². The number of hydrogen-bond donors (Lipinski definition) is 4. The van der Waals surface area contributed by atoms with Gasteiger partial charge in [-0.05, 0) is 37.3 Å². The number of nitrogens with one attached hydrogen (secondary N) is 1. The number of amides is 2. The molecule has 0 aliphatic carbocycles. The molecule has 0 saturated carbocycles. The highest BCUT2D eigenvalue weighted by Gasteiger charge is 2.49. The van der Waals surface area contributed by atoms with E-state index in [1.807, 2.05) is 0 Å². The molecule has 0 spiro atoms. The van der Waals surface area contributed by atoms with Crippen LogP contribution in [-0.4, -0.2) is 35.5 Å². The summed E-state index contributed by atoms with van der Waals surface area (Å²) in [5.41, 5.74) is 2.86. The minimum Gasteiger partial charge on any atom is -0.512 e. The first kappa shape index (κ1) is 20.4. The van der Waals surface area contributed by atoms with Crippen LogP contribution in [0.1, 0.15) is 18.4 Å². The molecule has 1 saturated heterocycles.